The maximum Gasteiger partial charge on any atom is 0.353 e. The summed E-state index contributed by atoms with van der Waals surface area (Å²) in [4.78, 5) is 39.8. The van der Waals surface area contributed by atoms with Crippen LogP contribution in [0, 0.1) is 18.8 Å². The molecule has 0 amide bonds. The molecule has 10 nitrogen and oxygen atoms in total. The highest BCUT2D eigenvalue weighted by molar-refractivity contribution is 5.88. The zero-order chi connectivity index (χ0) is 25.1. The SMILES string of the molecule is CC(=O)OC[C@H]1O[C@@H](n2cc3c(C#CCO)c(-c4ccc(C)cc4)oc3nc2=O)C[C@@H]1OC(C)=O. The van der Waals surface area contributed by atoms with Gasteiger partial charge in [0.1, 0.15) is 31.6 Å². The third-order valence-corrected chi connectivity index (χ3v) is 5.48. The monoisotopic (exact) mass is 480 g/mol. The number of hydrogen-bond acceptors (Lipinski definition) is 9. The lowest BCUT2D eigenvalue weighted by Gasteiger charge is -2.17. The van der Waals surface area contributed by atoms with Gasteiger partial charge in [-0.1, -0.05) is 41.7 Å². The molecular formula is C25H24N2O8. The lowest BCUT2D eigenvalue weighted by molar-refractivity contribution is -0.155. The maximum atomic E-state index is 12.9. The fourth-order valence-corrected chi connectivity index (χ4v) is 3.90. The zero-order valence-corrected chi connectivity index (χ0v) is 19.4. The highest BCUT2D eigenvalue weighted by Gasteiger charge is 2.40. The van der Waals surface area contributed by atoms with E-state index in [0.29, 0.717) is 16.7 Å². The quantitative estimate of drug-likeness (QED) is 0.431. The number of benzene rings is 1. The Bertz CT molecular complexity index is 1380. The predicted molar refractivity (Wildman–Crippen MR) is 123 cm³/mol. The Morgan fingerprint density at radius 3 is 2.63 bits per heavy atom. The van der Waals surface area contributed by atoms with Gasteiger partial charge in [-0.15, -0.1) is 0 Å². The van der Waals surface area contributed by atoms with Crippen molar-refractivity contribution in [2.24, 2.45) is 0 Å². The van der Waals surface area contributed by atoms with E-state index in [1.54, 1.807) is 0 Å². The van der Waals surface area contributed by atoms with Crippen LogP contribution in [0.5, 0.6) is 0 Å². The second kappa shape index (κ2) is 10.1. The van der Waals surface area contributed by atoms with Gasteiger partial charge < -0.3 is 23.7 Å². The molecule has 35 heavy (non-hydrogen) atoms. The van der Waals surface area contributed by atoms with Crippen molar-refractivity contribution in [2.75, 3.05) is 13.2 Å². The minimum atomic E-state index is -0.833. The Labute approximate surface area is 200 Å². The minimum Gasteiger partial charge on any atom is -0.463 e. The molecule has 1 aliphatic rings. The number of hydrogen-bond donors (Lipinski definition) is 1. The van der Waals surface area contributed by atoms with E-state index in [1.807, 2.05) is 31.2 Å². The van der Waals surface area contributed by atoms with Crippen LogP contribution in [0.4, 0.5) is 0 Å². The summed E-state index contributed by atoms with van der Waals surface area (Å²) in [6.07, 6.45) is -0.631. The first kappa shape index (κ1) is 24.2. The number of aliphatic hydroxyl groups is 1. The molecule has 1 N–H and O–H groups in total. The van der Waals surface area contributed by atoms with E-state index in [1.165, 1.54) is 24.6 Å². The maximum absolute atomic E-state index is 12.9. The van der Waals surface area contributed by atoms with Gasteiger partial charge in [-0.3, -0.25) is 14.2 Å². The third-order valence-electron chi connectivity index (χ3n) is 5.48. The molecule has 0 saturated carbocycles. The molecule has 1 aromatic carbocycles. The molecule has 182 valence electrons. The number of aromatic nitrogens is 2. The Morgan fingerprint density at radius 2 is 1.97 bits per heavy atom. The highest BCUT2D eigenvalue weighted by Crippen LogP contribution is 2.34. The number of aliphatic hydroxyl groups excluding tert-OH is 1. The van der Waals surface area contributed by atoms with Gasteiger partial charge in [0.05, 0.1) is 10.9 Å². The van der Waals surface area contributed by atoms with Gasteiger partial charge in [-0.2, -0.15) is 4.98 Å². The van der Waals surface area contributed by atoms with E-state index in [-0.39, 0.29) is 25.3 Å². The summed E-state index contributed by atoms with van der Waals surface area (Å²) in [6, 6.07) is 7.58. The molecule has 0 unspecified atom stereocenters. The molecule has 10 heteroatoms. The number of fused-ring (bicyclic) bond motifs is 1. The standard InChI is InChI=1S/C25H24N2O8/c1-14-6-8-17(9-7-14)23-18(5-4-10-28)19-12-27(25(31)26-24(19)35-23)22-11-20(33-16(3)30)21(34-22)13-32-15(2)29/h6-9,12,20-22,28H,10-11,13H2,1-3H3/t20-,21+,22+/m0/s1. The molecule has 0 aliphatic carbocycles. The average Bonchev–Trinajstić information content (AvgIpc) is 3.36. The van der Waals surface area contributed by atoms with Crippen molar-refractivity contribution < 1.29 is 33.3 Å². The van der Waals surface area contributed by atoms with Gasteiger partial charge in [-0.25, -0.2) is 4.79 Å². The van der Waals surface area contributed by atoms with E-state index in [9.17, 15) is 19.5 Å². The topological polar surface area (TPSA) is 130 Å². The number of ether oxygens (including phenoxy) is 3. The normalized spacial score (nSPS) is 19.3. The van der Waals surface area contributed by atoms with Gasteiger partial charge in [-0.05, 0) is 6.92 Å². The fraction of sp³-hybridized carbons (Fsp3) is 0.360. The van der Waals surface area contributed by atoms with Crippen molar-refractivity contribution >= 4 is 23.0 Å². The molecule has 3 heterocycles. The van der Waals surface area contributed by atoms with E-state index < -0.39 is 36.1 Å². The Morgan fingerprint density at radius 1 is 1.23 bits per heavy atom. The first-order chi connectivity index (χ1) is 16.8. The highest BCUT2D eigenvalue weighted by atomic mass is 16.6. The molecule has 3 atom stereocenters. The first-order valence-electron chi connectivity index (χ1n) is 10.9. The zero-order valence-electron chi connectivity index (χ0n) is 19.4. The van der Waals surface area contributed by atoms with Crippen LogP contribution in [-0.4, -0.2) is 52.0 Å². The predicted octanol–water partition coefficient (Wildman–Crippen LogP) is 2.09. The lowest BCUT2D eigenvalue weighted by Crippen LogP contribution is -2.31. The molecule has 2 aromatic heterocycles. The van der Waals surface area contributed by atoms with Crippen molar-refractivity contribution in [2.45, 2.75) is 45.6 Å². The molecule has 4 rings (SSSR count). The van der Waals surface area contributed by atoms with Crippen LogP contribution in [0.15, 0.2) is 39.7 Å². The fourth-order valence-electron chi connectivity index (χ4n) is 3.90. The van der Waals surface area contributed by atoms with Gasteiger partial charge in [0.2, 0.25) is 5.71 Å². The summed E-state index contributed by atoms with van der Waals surface area (Å²) in [5, 5.41) is 9.71. The Balaban J connectivity index is 1.76. The molecule has 1 fully saturated rings. The van der Waals surface area contributed by atoms with Crippen LogP contribution in [0.25, 0.3) is 22.4 Å². The molecule has 0 spiro atoms. The number of aryl methyl sites for hydroxylation is 1. The Hall–Kier alpha value is -3.94. The third kappa shape index (κ3) is 5.26. The van der Waals surface area contributed by atoms with Crippen molar-refractivity contribution in [3.8, 4) is 23.2 Å². The van der Waals surface area contributed by atoms with Crippen LogP contribution >= 0.6 is 0 Å². The number of carbonyl (C=O) groups excluding carboxylic acids is 2. The first-order valence-corrected chi connectivity index (χ1v) is 10.9. The van der Waals surface area contributed by atoms with Gasteiger partial charge in [0.15, 0.2) is 5.76 Å². The van der Waals surface area contributed by atoms with E-state index >= 15 is 0 Å². The second-order valence-electron chi connectivity index (χ2n) is 8.10. The summed E-state index contributed by atoms with van der Waals surface area (Å²) in [7, 11) is 0. The van der Waals surface area contributed by atoms with Crippen LogP contribution in [0.3, 0.4) is 0 Å². The Kier molecular flexibility index (Phi) is 7.00. The number of furan rings is 1. The smallest absolute Gasteiger partial charge is 0.353 e. The minimum absolute atomic E-state index is 0.0926. The number of rotatable bonds is 5. The van der Waals surface area contributed by atoms with E-state index in [2.05, 4.69) is 16.8 Å². The van der Waals surface area contributed by atoms with Crippen molar-refractivity contribution in [1.82, 2.24) is 9.55 Å². The van der Waals surface area contributed by atoms with Crippen LogP contribution < -0.4 is 5.69 Å². The van der Waals surface area contributed by atoms with Gasteiger partial charge in [0.25, 0.3) is 0 Å². The summed E-state index contributed by atoms with van der Waals surface area (Å²) in [5.74, 6) is 4.91. The van der Waals surface area contributed by atoms with Crippen LogP contribution in [0.2, 0.25) is 0 Å². The summed E-state index contributed by atoms with van der Waals surface area (Å²) in [5.41, 5.74) is 1.72. The average molecular weight is 480 g/mol. The van der Waals surface area contributed by atoms with E-state index in [4.69, 9.17) is 18.6 Å². The van der Waals surface area contributed by atoms with Crippen LogP contribution in [0.1, 0.15) is 37.6 Å². The van der Waals surface area contributed by atoms with Gasteiger partial charge >= 0.3 is 17.6 Å². The van der Waals surface area contributed by atoms with Gasteiger partial charge in [0, 0.05) is 32.0 Å². The number of nitrogens with zero attached hydrogens (tertiary/aromatic N) is 2. The van der Waals surface area contributed by atoms with E-state index in [0.717, 1.165) is 11.1 Å². The van der Waals surface area contributed by atoms with Crippen molar-refractivity contribution in [3.63, 3.8) is 0 Å². The summed E-state index contributed by atoms with van der Waals surface area (Å²) in [6.45, 7) is 3.99. The largest absolute Gasteiger partial charge is 0.463 e. The molecule has 0 bridgehead atoms. The molecule has 1 aliphatic heterocycles. The molecule has 0 radical (unpaired) electrons. The number of carbonyl (C=O) groups is 2. The van der Waals surface area contributed by atoms with Crippen molar-refractivity contribution in [3.05, 3.63) is 52.1 Å². The molecule has 3 aromatic rings. The lowest BCUT2D eigenvalue weighted by atomic mass is 10.1. The van der Waals surface area contributed by atoms with Crippen molar-refractivity contribution in [1.29, 1.82) is 0 Å². The summed E-state index contributed by atoms with van der Waals surface area (Å²) >= 11 is 0. The summed E-state index contributed by atoms with van der Waals surface area (Å²) < 4.78 is 23.5. The second-order valence-corrected chi connectivity index (χ2v) is 8.10. The van der Waals surface area contributed by atoms with Crippen LogP contribution in [-0.2, 0) is 23.8 Å². The molecular weight excluding hydrogens is 456 g/mol. The number of esters is 2. The molecule has 1 saturated heterocycles.